The molecule has 0 bridgehead atoms. The van der Waals surface area contributed by atoms with Gasteiger partial charge in [0.25, 0.3) is 0 Å². The number of nitrogens with zero attached hydrogens (tertiary/aromatic N) is 2. The molecule has 4 nitrogen and oxygen atoms in total. The first-order chi connectivity index (χ1) is 9.22. The Bertz CT molecular complexity index is 306. The third-order valence-electron chi connectivity index (χ3n) is 4.17. The zero-order valence-corrected chi connectivity index (χ0v) is 12.7. The molecule has 2 unspecified atom stereocenters. The minimum absolute atomic E-state index is 0.341. The van der Waals surface area contributed by atoms with Gasteiger partial charge in [0.15, 0.2) is 0 Å². The molecule has 2 rings (SSSR count). The average molecular weight is 267 g/mol. The van der Waals surface area contributed by atoms with Crippen LogP contribution in [0.25, 0.3) is 0 Å². The minimum atomic E-state index is 0.341. The van der Waals surface area contributed by atoms with Gasteiger partial charge in [-0.15, -0.1) is 0 Å². The normalized spacial score (nSPS) is 27.7. The van der Waals surface area contributed by atoms with Crippen molar-refractivity contribution in [1.29, 1.82) is 0 Å². The lowest BCUT2D eigenvalue weighted by molar-refractivity contribution is 0.0689. The van der Waals surface area contributed by atoms with E-state index in [-0.39, 0.29) is 0 Å². The summed E-state index contributed by atoms with van der Waals surface area (Å²) in [5.74, 6) is 1.17. The van der Waals surface area contributed by atoms with E-state index in [0.29, 0.717) is 12.1 Å². The topological polar surface area (TPSA) is 27.7 Å². The Morgan fingerprint density at radius 1 is 1.42 bits per heavy atom. The molecule has 0 amide bonds. The summed E-state index contributed by atoms with van der Waals surface area (Å²) >= 11 is 0. The number of piperazine rings is 1. The first kappa shape index (κ1) is 14.8. The molecular formula is C15H29N3O. The van der Waals surface area contributed by atoms with E-state index in [4.69, 9.17) is 4.74 Å². The molecule has 0 aromatic carbocycles. The van der Waals surface area contributed by atoms with Crippen molar-refractivity contribution in [3.05, 3.63) is 11.8 Å². The number of ether oxygens (including phenoxy) is 1. The van der Waals surface area contributed by atoms with Gasteiger partial charge < -0.3 is 15.0 Å². The fraction of sp³-hybridized carbons (Fsp3) is 0.867. The Morgan fingerprint density at radius 3 is 2.95 bits per heavy atom. The van der Waals surface area contributed by atoms with Crippen LogP contribution in [0.3, 0.4) is 0 Å². The largest absolute Gasteiger partial charge is 0.497 e. The highest BCUT2D eigenvalue weighted by Gasteiger charge is 2.33. The number of likely N-dealkylation sites (N-methyl/N-ethyl adjacent to an activating group) is 2. The molecule has 0 spiro atoms. The van der Waals surface area contributed by atoms with E-state index in [1.807, 2.05) is 0 Å². The SMILES string of the molecule is CCCNC(C1=CCCCO1)C1CN(C)CCN1C. The van der Waals surface area contributed by atoms with E-state index < -0.39 is 0 Å². The number of hydrogen-bond donors (Lipinski definition) is 1. The van der Waals surface area contributed by atoms with E-state index in [0.717, 1.165) is 52.0 Å². The quantitative estimate of drug-likeness (QED) is 0.812. The number of allylic oxidation sites excluding steroid dienone is 1. The lowest BCUT2D eigenvalue weighted by atomic mass is 10.00. The summed E-state index contributed by atoms with van der Waals surface area (Å²) in [4.78, 5) is 4.90. The van der Waals surface area contributed by atoms with Crippen molar-refractivity contribution in [1.82, 2.24) is 15.1 Å². The molecule has 0 aromatic heterocycles. The zero-order valence-electron chi connectivity index (χ0n) is 12.7. The van der Waals surface area contributed by atoms with Crippen molar-refractivity contribution in [2.75, 3.05) is 46.9 Å². The van der Waals surface area contributed by atoms with Gasteiger partial charge in [-0.25, -0.2) is 0 Å². The van der Waals surface area contributed by atoms with Crippen LogP contribution in [0.1, 0.15) is 26.2 Å². The average Bonchev–Trinajstić information content (AvgIpc) is 2.44. The smallest absolute Gasteiger partial charge is 0.111 e. The minimum Gasteiger partial charge on any atom is -0.497 e. The molecular weight excluding hydrogens is 238 g/mol. The summed E-state index contributed by atoms with van der Waals surface area (Å²) in [7, 11) is 4.45. The molecule has 1 saturated heterocycles. The molecule has 2 atom stereocenters. The van der Waals surface area contributed by atoms with Gasteiger partial charge >= 0.3 is 0 Å². The lowest BCUT2D eigenvalue weighted by Crippen LogP contribution is -2.59. The van der Waals surface area contributed by atoms with Crippen LogP contribution < -0.4 is 5.32 Å². The fourth-order valence-corrected chi connectivity index (χ4v) is 2.92. The van der Waals surface area contributed by atoms with E-state index in [1.165, 1.54) is 5.76 Å². The predicted molar refractivity (Wildman–Crippen MR) is 79.3 cm³/mol. The molecule has 19 heavy (non-hydrogen) atoms. The number of nitrogens with one attached hydrogen (secondary N) is 1. The monoisotopic (exact) mass is 267 g/mol. The Morgan fingerprint density at radius 2 is 2.26 bits per heavy atom. The van der Waals surface area contributed by atoms with Gasteiger partial charge in [-0.1, -0.05) is 6.92 Å². The summed E-state index contributed by atoms with van der Waals surface area (Å²) in [6, 6.07) is 0.850. The van der Waals surface area contributed by atoms with Crippen LogP contribution in [-0.4, -0.2) is 68.8 Å². The summed E-state index contributed by atoms with van der Waals surface area (Å²) < 4.78 is 5.93. The van der Waals surface area contributed by atoms with Gasteiger partial charge in [0.2, 0.25) is 0 Å². The van der Waals surface area contributed by atoms with Crippen molar-refractivity contribution >= 4 is 0 Å². The van der Waals surface area contributed by atoms with Gasteiger partial charge in [-0.3, -0.25) is 4.90 Å². The summed E-state index contributed by atoms with van der Waals surface area (Å²) in [6.45, 7) is 7.56. The predicted octanol–water partition coefficient (Wildman–Crippen LogP) is 1.29. The first-order valence-corrected chi connectivity index (χ1v) is 7.67. The molecule has 2 heterocycles. The van der Waals surface area contributed by atoms with Crippen LogP contribution in [0, 0.1) is 0 Å². The highest BCUT2D eigenvalue weighted by Crippen LogP contribution is 2.21. The standard InChI is InChI=1S/C15H29N3O/c1-4-8-16-15(14-7-5-6-11-19-14)13-12-17(2)9-10-18(13)3/h7,13,15-16H,4-6,8-12H2,1-3H3. The van der Waals surface area contributed by atoms with E-state index in [9.17, 15) is 0 Å². The van der Waals surface area contributed by atoms with Gasteiger partial charge in [-0.05, 0) is 46.0 Å². The summed E-state index contributed by atoms with van der Waals surface area (Å²) in [5.41, 5.74) is 0. The molecule has 110 valence electrons. The Labute approximate surface area is 117 Å². The molecule has 2 aliphatic rings. The molecule has 1 N–H and O–H groups in total. The third kappa shape index (κ3) is 3.94. The molecule has 0 saturated carbocycles. The molecule has 1 fully saturated rings. The van der Waals surface area contributed by atoms with Crippen molar-refractivity contribution in [3.63, 3.8) is 0 Å². The van der Waals surface area contributed by atoms with Crippen LogP contribution in [0.2, 0.25) is 0 Å². The fourth-order valence-electron chi connectivity index (χ4n) is 2.92. The van der Waals surface area contributed by atoms with Crippen LogP contribution in [0.5, 0.6) is 0 Å². The molecule has 0 aliphatic carbocycles. The third-order valence-corrected chi connectivity index (χ3v) is 4.17. The van der Waals surface area contributed by atoms with Crippen molar-refractivity contribution in [2.24, 2.45) is 0 Å². The molecule has 2 aliphatic heterocycles. The zero-order chi connectivity index (χ0) is 13.7. The second-order valence-electron chi connectivity index (χ2n) is 5.84. The summed E-state index contributed by atoms with van der Waals surface area (Å²) in [6.07, 6.45) is 5.77. The number of hydrogen-bond acceptors (Lipinski definition) is 4. The van der Waals surface area contributed by atoms with Crippen LogP contribution >= 0.6 is 0 Å². The van der Waals surface area contributed by atoms with Crippen LogP contribution in [0.15, 0.2) is 11.8 Å². The lowest BCUT2D eigenvalue weighted by Gasteiger charge is -2.43. The van der Waals surface area contributed by atoms with E-state index in [1.54, 1.807) is 0 Å². The van der Waals surface area contributed by atoms with Gasteiger partial charge in [-0.2, -0.15) is 0 Å². The van der Waals surface area contributed by atoms with E-state index >= 15 is 0 Å². The van der Waals surface area contributed by atoms with Crippen molar-refractivity contribution in [3.8, 4) is 0 Å². The Hall–Kier alpha value is -0.580. The number of rotatable bonds is 5. The highest BCUT2D eigenvalue weighted by molar-refractivity contribution is 5.11. The molecule has 0 aromatic rings. The van der Waals surface area contributed by atoms with Crippen molar-refractivity contribution < 1.29 is 4.74 Å². The first-order valence-electron chi connectivity index (χ1n) is 7.67. The van der Waals surface area contributed by atoms with Gasteiger partial charge in [0.05, 0.1) is 12.6 Å². The van der Waals surface area contributed by atoms with Crippen molar-refractivity contribution in [2.45, 2.75) is 38.3 Å². The maximum atomic E-state index is 5.93. The molecule has 0 radical (unpaired) electrons. The maximum absolute atomic E-state index is 5.93. The van der Waals surface area contributed by atoms with Crippen LogP contribution in [-0.2, 0) is 4.74 Å². The molecule has 4 heteroatoms. The maximum Gasteiger partial charge on any atom is 0.111 e. The van der Waals surface area contributed by atoms with Gasteiger partial charge in [0, 0.05) is 25.7 Å². The summed E-state index contributed by atoms with van der Waals surface area (Å²) in [5, 5.41) is 3.70. The second-order valence-corrected chi connectivity index (χ2v) is 5.84. The van der Waals surface area contributed by atoms with E-state index in [2.05, 4.69) is 42.2 Å². The Kier molecular flexibility index (Phi) is 5.67. The Balaban J connectivity index is 2.08. The highest BCUT2D eigenvalue weighted by atomic mass is 16.5. The van der Waals surface area contributed by atoms with Gasteiger partial charge in [0.1, 0.15) is 5.76 Å². The second kappa shape index (κ2) is 7.27. The van der Waals surface area contributed by atoms with Crippen LogP contribution in [0.4, 0.5) is 0 Å².